The standard InChI is InChI=1S/C28H31N3O6/c1-19(9-6-8-16-32)28(36)23-17-21(31-26(34)22-11-4-3-10-20(22)18-29-31)13-14-24(23)30(27(28)35)15-7-5-12-25(33)37-2/h3-4,6,9-11,13-14,17-19,32,36H,5,7-8,12,15-16H2,1-2H3/b9-6+/t19-,28+/m1/s1. The second-order valence-corrected chi connectivity index (χ2v) is 9.14. The van der Waals surface area contributed by atoms with E-state index in [0.717, 1.165) is 5.39 Å². The maximum atomic E-state index is 13.6. The first-order chi connectivity index (χ1) is 17.8. The summed E-state index contributed by atoms with van der Waals surface area (Å²) < 4.78 is 5.95. The van der Waals surface area contributed by atoms with E-state index < -0.39 is 17.4 Å². The number of hydrogen-bond acceptors (Lipinski definition) is 7. The van der Waals surface area contributed by atoms with Crippen LogP contribution < -0.4 is 10.5 Å². The Bertz CT molecular complexity index is 1400. The summed E-state index contributed by atoms with van der Waals surface area (Å²) in [6.07, 6.45) is 6.76. The predicted octanol–water partition coefficient (Wildman–Crippen LogP) is 2.84. The van der Waals surface area contributed by atoms with E-state index in [1.54, 1.807) is 55.6 Å². The highest BCUT2D eigenvalue weighted by atomic mass is 16.5. The third kappa shape index (κ3) is 4.92. The largest absolute Gasteiger partial charge is 0.469 e. The van der Waals surface area contributed by atoms with Gasteiger partial charge in [0.25, 0.3) is 11.5 Å². The summed E-state index contributed by atoms with van der Waals surface area (Å²) in [7, 11) is 1.34. The first-order valence-corrected chi connectivity index (χ1v) is 12.3. The summed E-state index contributed by atoms with van der Waals surface area (Å²) >= 11 is 0. The molecule has 1 aliphatic heterocycles. The van der Waals surface area contributed by atoms with Crippen LogP contribution in [0.25, 0.3) is 16.5 Å². The Morgan fingerprint density at radius 1 is 1.19 bits per heavy atom. The molecule has 9 nitrogen and oxygen atoms in total. The number of aromatic nitrogens is 2. The van der Waals surface area contributed by atoms with Crippen LogP contribution in [0.3, 0.4) is 0 Å². The Hall–Kier alpha value is -3.82. The Balaban J connectivity index is 1.75. The van der Waals surface area contributed by atoms with Crippen LogP contribution in [0.1, 0.15) is 38.2 Å². The summed E-state index contributed by atoms with van der Waals surface area (Å²) in [6, 6.07) is 12.2. The zero-order valence-electron chi connectivity index (χ0n) is 21.0. The highest BCUT2D eigenvalue weighted by molar-refractivity contribution is 6.07. The topological polar surface area (TPSA) is 122 Å². The van der Waals surface area contributed by atoms with Crippen molar-refractivity contribution >= 4 is 28.3 Å². The Labute approximate surface area is 214 Å². The van der Waals surface area contributed by atoms with Crippen LogP contribution in [-0.4, -0.2) is 52.1 Å². The highest BCUT2D eigenvalue weighted by Gasteiger charge is 2.52. The Kier molecular flexibility index (Phi) is 7.85. The lowest BCUT2D eigenvalue weighted by molar-refractivity contribution is -0.140. The molecule has 1 aliphatic rings. The van der Waals surface area contributed by atoms with Gasteiger partial charge in [-0.2, -0.15) is 9.78 Å². The Morgan fingerprint density at radius 3 is 2.73 bits per heavy atom. The zero-order chi connectivity index (χ0) is 26.6. The van der Waals surface area contributed by atoms with Gasteiger partial charge in [0.05, 0.1) is 30.1 Å². The van der Waals surface area contributed by atoms with Crippen LogP contribution in [0.15, 0.2) is 65.6 Å². The molecule has 0 saturated carbocycles. The second-order valence-electron chi connectivity index (χ2n) is 9.14. The van der Waals surface area contributed by atoms with Gasteiger partial charge in [0.15, 0.2) is 5.60 Å². The molecule has 0 unspecified atom stereocenters. The number of methoxy groups -OCH3 is 1. The monoisotopic (exact) mass is 505 g/mol. The van der Waals surface area contributed by atoms with Gasteiger partial charge >= 0.3 is 5.97 Å². The minimum atomic E-state index is -1.87. The molecule has 9 heteroatoms. The van der Waals surface area contributed by atoms with E-state index in [2.05, 4.69) is 9.84 Å². The van der Waals surface area contributed by atoms with Crippen LogP contribution in [0.2, 0.25) is 0 Å². The number of carbonyl (C=O) groups is 2. The van der Waals surface area contributed by atoms with Gasteiger partial charge in [-0.3, -0.25) is 14.4 Å². The predicted molar refractivity (Wildman–Crippen MR) is 139 cm³/mol. The van der Waals surface area contributed by atoms with E-state index in [4.69, 9.17) is 5.11 Å². The number of unbranched alkanes of at least 4 members (excludes halogenated alkanes) is 1. The number of hydrogen-bond donors (Lipinski definition) is 2. The number of aliphatic hydroxyl groups excluding tert-OH is 1. The number of ether oxygens (including phenoxy) is 1. The molecule has 0 fully saturated rings. The summed E-state index contributed by atoms with van der Waals surface area (Å²) in [5, 5.41) is 26.5. The number of benzene rings is 2. The molecule has 1 amide bonds. The molecule has 3 aromatic rings. The molecule has 0 spiro atoms. The minimum Gasteiger partial charge on any atom is -0.469 e. The Morgan fingerprint density at radius 2 is 1.97 bits per heavy atom. The van der Waals surface area contributed by atoms with Gasteiger partial charge in [-0.15, -0.1) is 0 Å². The summed E-state index contributed by atoms with van der Waals surface area (Å²) in [6.45, 7) is 2.01. The second kappa shape index (κ2) is 11.1. The summed E-state index contributed by atoms with van der Waals surface area (Å²) in [5.41, 5.74) is -0.821. The molecule has 2 heterocycles. The fourth-order valence-corrected chi connectivity index (χ4v) is 4.72. The van der Waals surface area contributed by atoms with E-state index in [1.165, 1.54) is 16.7 Å². The number of nitrogens with zero attached hydrogens (tertiary/aromatic N) is 3. The molecule has 0 radical (unpaired) electrons. The number of aliphatic hydroxyl groups is 2. The van der Waals surface area contributed by atoms with Crippen LogP contribution >= 0.6 is 0 Å². The van der Waals surface area contributed by atoms with Crippen molar-refractivity contribution < 1.29 is 24.5 Å². The van der Waals surface area contributed by atoms with Gasteiger partial charge in [0.2, 0.25) is 0 Å². The van der Waals surface area contributed by atoms with E-state index in [-0.39, 0.29) is 24.6 Å². The maximum absolute atomic E-state index is 13.6. The molecule has 0 bridgehead atoms. The van der Waals surface area contributed by atoms with Crippen molar-refractivity contribution in [1.29, 1.82) is 0 Å². The number of rotatable bonds is 10. The van der Waals surface area contributed by atoms with Gasteiger partial charge < -0.3 is 19.8 Å². The normalized spacial score (nSPS) is 17.9. The summed E-state index contributed by atoms with van der Waals surface area (Å²) in [5.74, 6) is -1.40. The van der Waals surface area contributed by atoms with E-state index in [9.17, 15) is 19.5 Å². The van der Waals surface area contributed by atoms with Crippen molar-refractivity contribution in [3.63, 3.8) is 0 Å². The first-order valence-electron chi connectivity index (χ1n) is 12.3. The van der Waals surface area contributed by atoms with Crippen molar-refractivity contribution in [2.24, 2.45) is 5.92 Å². The fourth-order valence-electron chi connectivity index (χ4n) is 4.72. The van der Waals surface area contributed by atoms with E-state index in [1.807, 2.05) is 12.1 Å². The fraction of sp³-hybridized carbons (Fsp3) is 0.357. The lowest BCUT2D eigenvalue weighted by Gasteiger charge is -2.28. The van der Waals surface area contributed by atoms with Gasteiger partial charge in [-0.05, 0) is 43.5 Å². The SMILES string of the molecule is COC(=O)CCCCN1C(=O)[C@](O)([C@H](C)/C=C/CCO)c2cc(-n3ncc4ccccc4c3=O)ccc21. The average molecular weight is 506 g/mol. The van der Waals surface area contributed by atoms with Crippen molar-refractivity contribution in [3.8, 4) is 5.69 Å². The molecule has 1 aromatic heterocycles. The van der Waals surface area contributed by atoms with Crippen LogP contribution in [0.4, 0.5) is 5.69 Å². The smallest absolute Gasteiger partial charge is 0.305 e. The number of esters is 1. The number of carbonyl (C=O) groups excluding carboxylic acids is 2. The van der Waals surface area contributed by atoms with Crippen LogP contribution in [0, 0.1) is 5.92 Å². The number of amides is 1. The van der Waals surface area contributed by atoms with Gasteiger partial charge in [0, 0.05) is 36.4 Å². The van der Waals surface area contributed by atoms with Crippen molar-refractivity contribution in [2.45, 2.75) is 38.2 Å². The number of fused-ring (bicyclic) bond motifs is 2. The van der Waals surface area contributed by atoms with E-state index >= 15 is 0 Å². The van der Waals surface area contributed by atoms with Gasteiger partial charge in [-0.25, -0.2) is 0 Å². The van der Waals surface area contributed by atoms with Crippen LogP contribution in [-0.2, 0) is 19.9 Å². The van der Waals surface area contributed by atoms with Crippen molar-refractivity contribution in [1.82, 2.24) is 9.78 Å². The molecule has 2 aromatic carbocycles. The molecule has 37 heavy (non-hydrogen) atoms. The zero-order valence-corrected chi connectivity index (χ0v) is 21.0. The quantitative estimate of drug-likeness (QED) is 0.247. The van der Waals surface area contributed by atoms with E-state index in [0.29, 0.717) is 48.1 Å². The highest BCUT2D eigenvalue weighted by Crippen LogP contribution is 2.46. The van der Waals surface area contributed by atoms with Crippen LogP contribution in [0.5, 0.6) is 0 Å². The van der Waals surface area contributed by atoms with Gasteiger partial charge in [-0.1, -0.05) is 37.3 Å². The third-order valence-electron chi connectivity index (χ3n) is 6.81. The molecule has 2 N–H and O–H groups in total. The van der Waals surface area contributed by atoms with Crippen molar-refractivity contribution in [3.05, 3.63) is 76.7 Å². The third-order valence-corrected chi connectivity index (χ3v) is 6.81. The summed E-state index contributed by atoms with van der Waals surface area (Å²) in [4.78, 5) is 39.8. The first kappa shape index (κ1) is 26.2. The van der Waals surface area contributed by atoms with Gasteiger partial charge in [0.1, 0.15) is 0 Å². The molecule has 2 atom stereocenters. The molecule has 4 rings (SSSR count). The number of anilines is 1. The molecular formula is C28H31N3O6. The molecule has 0 saturated heterocycles. The lowest BCUT2D eigenvalue weighted by Crippen LogP contribution is -2.44. The lowest BCUT2D eigenvalue weighted by atomic mass is 9.82. The molecule has 194 valence electrons. The minimum absolute atomic E-state index is 0.0425. The molecule has 0 aliphatic carbocycles. The molecular weight excluding hydrogens is 474 g/mol. The van der Waals surface area contributed by atoms with Crippen molar-refractivity contribution in [2.75, 3.05) is 25.2 Å². The average Bonchev–Trinajstić information content (AvgIpc) is 3.13. The maximum Gasteiger partial charge on any atom is 0.305 e.